The number of anilines is 1. The average Bonchev–Trinajstić information content (AvgIpc) is 3.14. The van der Waals surface area contributed by atoms with Gasteiger partial charge in [-0.1, -0.05) is 0 Å². The summed E-state index contributed by atoms with van der Waals surface area (Å²) in [4.78, 5) is 21.9. The minimum Gasteiger partial charge on any atom is -0.307 e. The van der Waals surface area contributed by atoms with E-state index in [2.05, 4.69) is 14.8 Å². The van der Waals surface area contributed by atoms with E-state index in [9.17, 15) is 13.2 Å². The van der Waals surface area contributed by atoms with Crippen LogP contribution in [0.2, 0.25) is 0 Å². The molecule has 0 spiro atoms. The third-order valence-electron chi connectivity index (χ3n) is 6.23. The molecule has 1 saturated carbocycles. The molecule has 164 valence electrons. The van der Waals surface area contributed by atoms with Crippen LogP contribution in [0.5, 0.6) is 0 Å². The zero-order chi connectivity index (χ0) is 22.1. The van der Waals surface area contributed by atoms with Crippen molar-refractivity contribution in [2.75, 3.05) is 11.4 Å². The molecule has 1 aromatic carbocycles. The van der Waals surface area contributed by atoms with Crippen LogP contribution in [0.3, 0.4) is 0 Å². The van der Waals surface area contributed by atoms with Crippen LogP contribution in [0.25, 0.3) is 0 Å². The summed E-state index contributed by atoms with van der Waals surface area (Å²) in [5.74, 6) is 0.351. The molecule has 0 saturated heterocycles. The summed E-state index contributed by atoms with van der Waals surface area (Å²) >= 11 is 0. The minimum atomic E-state index is -3.71. The van der Waals surface area contributed by atoms with Crippen molar-refractivity contribution >= 4 is 27.6 Å². The van der Waals surface area contributed by atoms with E-state index in [-0.39, 0.29) is 22.4 Å². The van der Waals surface area contributed by atoms with E-state index in [0.717, 1.165) is 24.1 Å². The summed E-state index contributed by atoms with van der Waals surface area (Å²) in [6.45, 7) is 6.74. The van der Waals surface area contributed by atoms with Crippen LogP contribution in [0.1, 0.15) is 48.3 Å². The monoisotopic (exact) mass is 442 g/mol. The summed E-state index contributed by atoms with van der Waals surface area (Å²) in [6.07, 6.45) is 3.53. The number of guanidine groups is 1. The number of hydrogen-bond acceptors (Lipinski definition) is 6. The molecule has 3 aliphatic rings. The molecule has 1 N–H and O–H groups in total. The Morgan fingerprint density at radius 1 is 1.29 bits per heavy atom. The van der Waals surface area contributed by atoms with Crippen molar-refractivity contribution in [2.24, 2.45) is 12.0 Å². The topological polar surface area (TPSA) is 99.9 Å². The highest BCUT2D eigenvalue weighted by molar-refractivity contribution is 7.89. The number of benzene rings is 1. The average molecular weight is 443 g/mol. The van der Waals surface area contributed by atoms with Gasteiger partial charge in [0.25, 0.3) is 5.91 Å². The van der Waals surface area contributed by atoms with Crippen molar-refractivity contribution in [3.63, 3.8) is 0 Å². The van der Waals surface area contributed by atoms with Crippen LogP contribution in [-0.4, -0.2) is 53.1 Å². The number of aromatic nitrogens is 2. The number of sulfonamides is 1. The van der Waals surface area contributed by atoms with Crippen LogP contribution in [-0.2, 0) is 23.6 Å². The first-order chi connectivity index (χ1) is 14.6. The number of hydrogen-bond donors (Lipinski definition) is 1. The molecule has 1 fully saturated rings. The van der Waals surface area contributed by atoms with E-state index < -0.39 is 10.0 Å². The molecule has 0 unspecified atom stereocenters. The number of aryl methyl sites for hydroxylation is 2. The summed E-state index contributed by atoms with van der Waals surface area (Å²) in [6, 6.07) is 4.87. The van der Waals surface area contributed by atoms with Crippen molar-refractivity contribution in [3.8, 4) is 0 Å². The second-order valence-corrected chi connectivity index (χ2v) is 10.7. The Kier molecular flexibility index (Phi) is 4.32. The molecule has 1 aliphatic carbocycles. The Labute approximate surface area is 181 Å². The van der Waals surface area contributed by atoms with Gasteiger partial charge in [-0.2, -0.15) is 5.10 Å². The fraction of sp³-hybridized carbons (Fsp3) is 0.476. The molecule has 2 aliphatic heterocycles. The van der Waals surface area contributed by atoms with Gasteiger partial charge >= 0.3 is 0 Å². The van der Waals surface area contributed by atoms with E-state index in [4.69, 9.17) is 0 Å². The predicted octanol–water partition coefficient (Wildman–Crippen LogP) is 1.78. The van der Waals surface area contributed by atoms with E-state index in [1.807, 2.05) is 38.9 Å². The third kappa shape index (κ3) is 3.34. The van der Waals surface area contributed by atoms with Gasteiger partial charge in [-0.25, -0.2) is 13.1 Å². The predicted molar refractivity (Wildman–Crippen MR) is 116 cm³/mol. The molecule has 10 heteroatoms. The van der Waals surface area contributed by atoms with Gasteiger partial charge < -0.3 is 4.90 Å². The summed E-state index contributed by atoms with van der Waals surface area (Å²) in [5.41, 5.74) is 2.46. The number of carbonyl (C=O) groups excluding carboxylic acids is 1. The van der Waals surface area contributed by atoms with E-state index >= 15 is 0 Å². The van der Waals surface area contributed by atoms with Crippen molar-refractivity contribution in [1.29, 1.82) is 0 Å². The van der Waals surface area contributed by atoms with Gasteiger partial charge in [0.1, 0.15) is 0 Å². The Morgan fingerprint density at radius 3 is 2.68 bits per heavy atom. The molecule has 0 radical (unpaired) electrons. The SMILES string of the molecule is Cc1nn(C)cc1CN1C(=O)c2cc(S(=O)(=O)NC3(C)CC3)ccc2N2C1=NC[C@H]2C. The maximum Gasteiger partial charge on any atom is 0.263 e. The number of amides is 1. The maximum atomic E-state index is 13.5. The van der Waals surface area contributed by atoms with Crippen LogP contribution in [0, 0.1) is 6.92 Å². The molecular weight excluding hydrogens is 416 g/mol. The Balaban J connectivity index is 1.56. The van der Waals surface area contributed by atoms with Gasteiger partial charge in [0.2, 0.25) is 16.0 Å². The Morgan fingerprint density at radius 2 is 2.03 bits per heavy atom. The Bertz CT molecular complexity index is 1230. The smallest absolute Gasteiger partial charge is 0.263 e. The van der Waals surface area contributed by atoms with Crippen molar-refractivity contribution in [3.05, 3.63) is 41.2 Å². The molecule has 31 heavy (non-hydrogen) atoms. The lowest BCUT2D eigenvalue weighted by Crippen LogP contribution is -2.52. The second-order valence-electron chi connectivity index (χ2n) is 9.01. The van der Waals surface area contributed by atoms with Gasteiger partial charge in [-0.15, -0.1) is 0 Å². The highest BCUT2D eigenvalue weighted by Crippen LogP contribution is 2.38. The number of fused-ring (bicyclic) bond motifs is 3. The van der Waals surface area contributed by atoms with Gasteiger partial charge in [-0.3, -0.25) is 19.4 Å². The van der Waals surface area contributed by atoms with E-state index in [0.29, 0.717) is 30.3 Å². The maximum absolute atomic E-state index is 13.5. The molecule has 0 bridgehead atoms. The first-order valence-corrected chi connectivity index (χ1v) is 11.9. The first kappa shape index (κ1) is 20.2. The number of carbonyl (C=O) groups is 1. The zero-order valence-corrected chi connectivity index (χ0v) is 18.9. The lowest BCUT2D eigenvalue weighted by Gasteiger charge is -2.38. The lowest BCUT2D eigenvalue weighted by molar-refractivity contribution is 0.0832. The Hall–Kier alpha value is -2.72. The lowest BCUT2D eigenvalue weighted by atomic mass is 10.1. The number of aliphatic imine (C=N–C) groups is 1. The van der Waals surface area contributed by atoms with Crippen LogP contribution >= 0.6 is 0 Å². The summed E-state index contributed by atoms with van der Waals surface area (Å²) in [7, 11) is -1.87. The van der Waals surface area contributed by atoms with Crippen LogP contribution in [0.15, 0.2) is 34.3 Å². The van der Waals surface area contributed by atoms with Crippen molar-refractivity contribution in [2.45, 2.75) is 56.6 Å². The van der Waals surface area contributed by atoms with Crippen molar-refractivity contribution in [1.82, 2.24) is 19.4 Å². The van der Waals surface area contributed by atoms with E-state index in [1.54, 1.807) is 21.7 Å². The van der Waals surface area contributed by atoms with Crippen LogP contribution in [0.4, 0.5) is 5.69 Å². The van der Waals surface area contributed by atoms with E-state index in [1.165, 1.54) is 6.07 Å². The van der Waals surface area contributed by atoms with Crippen molar-refractivity contribution < 1.29 is 13.2 Å². The highest BCUT2D eigenvalue weighted by Gasteiger charge is 2.43. The molecule has 1 aromatic heterocycles. The van der Waals surface area contributed by atoms with Gasteiger partial charge in [0.15, 0.2) is 0 Å². The van der Waals surface area contributed by atoms with Gasteiger partial charge in [-0.05, 0) is 51.8 Å². The van der Waals surface area contributed by atoms with Crippen LogP contribution < -0.4 is 9.62 Å². The molecule has 2 aromatic rings. The molecular formula is C21H26N6O3S. The normalized spacial score (nSPS) is 21.7. The first-order valence-electron chi connectivity index (χ1n) is 10.4. The summed E-state index contributed by atoms with van der Waals surface area (Å²) < 4.78 is 30.3. The van der Waals surface area contributed by atoms with Gasteiger partial charge in [0, 0.05) is 24.3 Å². The molecule has 9 nitrogen and oxygen atoms in total. The quantitative estimate of drug-likeness (QED) is 0.761. The molecule has 1 atom stereocenters. The molecule has 3 heterocycles. The second kappa shape index (κ2) is 6.64. The van der Waals surface area contributed by atoms with Gasteiger partial charge in [0.05, 0.1) is 41.0 Å². The molecule has 5 rings (SSSR count). The largest absolute Gasteiger partial charge is 0.307 e. The highest BCUT2D eigenvalue weighted by atomic mass is 32.2. The molecule has 1 amide bonds. The summed E-state index contributed by atoms with van der Waals surface area (Å²) in [5, 5.41) is 4.37. The standard InChI is InChI=1S/C21H26N6O3S/c1-13-10-22-20-26(12-15-11-25(4)23-14(15)2)19(28)17-9-16(5-6-18(17)27(13)20)31(29,30)24-21(3)7-8-21/h5-6,9,11,13,24H,7-8,10,12H2,1-4H3/t13-/m1/s1. The zero-order valence-electron chi connectivity index (χ0n) is 18.1. The number of nitrogens with one attached hydrogen (secondary N) is 1. The third-order valence-corrected chi connectivity index (χ3v) is 7.87. The minimum absolute atomic E-state index is 0.0744. The fourth-order valence-corrected chi connectivity index (χ4v) is 5.71. The number of nitrogens with zero attached hydrogens (tertiary/aromatic N) is 5. The fourth-order valence-electron chi connectivity index (χ4n) is 4.22. The number of rotatable bonds is 5.